The topological polar surface area (TPSA) is 86.8 Å². The van der Waals surface area contributed by atoms with Gasteiger partial charge in [-0.3, -0.25) is 13.9 Å². The molecule has 0 saturated carbocycles. The molecule has 37 heavy (non-hydrogen) atoms. The van der Waals surface area contributed by atoms with Gasteiger partial charge in [0.05, 0.1) is 11.9 Å². The zero-order valence-corrected chi connectivity index (χ0v) is 21.4. The fourth-order valence-corrected chi connectivity index (χ4v) is 4.70. The molecule has 0 aliphatic heterocycles. The van der Waals surface area contributed by atoms with E-state index in [0.29, 0.717) is 12.1 Å². The third kappa shape index (κ3) is 7.85. The van der Waals surface area contributed by atoms with Crippen molar-refractivity contribution in [3.8, 4) is 0 Å². The van der Waals surface area contributed by atoms with Crippen molar-refractivity contribution in [3.63, 3.8) is 0 Å². The molecular weight excluding hydrogens is 500 g/mol. The molecule has 7 nitrogen and oxygen atoms in total. The van der Waals surface area contributed by atoms with Gasteiger partial charge in [-0.1, -0.05) is 42.5 Å². The molecule has 0 heterocycles. The van der Waals surface area contributed by atoms with Crippen LogP contribution < -0.4 is 9.62 Å². The van der Waals surface area contributed by atoms with Crippen LogP contribution in [0.15, 0.2) is 78.9 Å². The van der Waals surface area contributed by atoms with Crippen molar-refractivity contribution in [3.05, 3.63) is 102 Å². The molecule has 0 aliphatic rings. The summed E-state index contributed by atoms with van der Waals surface area (Å²) in [5.41, 5.74) is 1.47. The van der Waals surface area contributed by atoms with Crippen molar-refractivity contribution in [1.82, 2.24) is 10.2 Å². The summed E-state index contributed by atoms with van der Waals surface area (Å²) in [5, 5.41) is 2.75. The van der Waals surface area contributed by atoms with Gasteiger partial charge in [-0.15, -0.1) is 0 Å². The molecule has 0 aliphatic carbocycles. The number of amides is 2. The lowest BCUT2D eigenvalue weighted by Crippen LogP contribution is -2.53. The lowest BCUT2D eigenvalue weighted by Gasteiger charge is -2.33. The van der Waals surface area contributed by atoms with Crippen molar-refractivity contribution in [2.45, 2.75) is 25.9 Å². The van der Waals surface area contributed by atoms with Crippen molar-refractivity contribution >= 4 is 27.5 Å². The number of rotatable bonds is 11. The number of nitrogens with one attached hydrogen (secondary N) is 1. The van der Waals surface area contributed by atoms with E-state index < -0.39 is 46.1 Å². The van der Waals surface area contributed by atoms with Crippen molar-refractivity contribution in [1.29, 1.82) is 0 Å². The summed E-state index contributed by atoms with van der Waals surface area (Å²) in [6.45, 7) is 1.41. The quantitative estimate of drug-likeness (QED) is 0.412. The summed E-state index contributed by atoms with van der Waals surface area (Å²) in [7, 11) is -3.94. The van der Waals surface area contributed by atoms with Gasteiger partial charge in [0.1, 0.15) is 24.2 Å². The molecule has 3 rings (SSSR count). The average Bonchev–Trinajstić information content (AvgIpc) is 2.86. The highest BCUT2D eigenvalue weighted by atomic mass is 32.2. The predicted octanol–water partition coefficient (Wildman–Crippen LogP) is 3.51. The second-order valence-corrected chi connectivity index (χ2v) is 10.4. The first kappa shape index (κ1) is 27.8. The third-order valence-electron chi connectivity index (χ3n) is 5.68. The van der Waals surface area contributed by atoms with E-state index in [1.165, 1.54) is 41.3 Å². The predicted molar refractivity (Wildman–Crippen MR) is 138 cm³/mol. The highest BCUT2D eigenvalue weighted by Gasteiger charge is 2.32. The van der Waals surface area contributed by atoms with Gasteiger partial charge in [0.15, 0.2) is 0 Å². The first-order valence-corrected chi connectivity index (χ1v) is 13.5. The fourth-order valence-electron chi connectivity index (χ4n) is 3.85. The van der Waals surface area contributed by atoms with E-state index in [1.807, 2.05) is 30.3 Å². The van der Waals surface area contributed by atoms with Gasteiger partial charge in [-0.2, -0.15) is 0 Å². The van der Waals surface area contributed by atoms with Gasteiger partial charge in [0.25, 0.3) is 0 Å². The summed E-state index contributed by atoms with van der Waals surface area (Å²) in [6, 6.07) is 18.4. The van der Waals surface area contributed by atoms with Crippen LogP contribution in [0, 0.1) is 11.6 Å². The Morgan fingerprint density at radius 2 is 1.43 bits per heavy atom. The lowest BCUT2D eigenvalue weighted by atomic mass is 10.0. The number of nitrogens with zero attached hydrogens (tertiary/aromatic N) is 2. The first-order chi connectivity index (χ1) is 17.6. The molecule has 0 radical (unpaired) electrons. The maximum absolute atomic E-state index is 13.7. The molecule has 10 heteroatoms. The molecule has 0 fully saturated rings. The molecule has 0 spiro atoms. The van der Waals surface area contributed by atoms with Crippen LogP contribution in [0.4, 0.5) is 14.5 Å². The molecular formula is C27H29F2N3O4S. The van der Waals surface area contributed by atoms with Crippen molar-refractivity contribution in [2.24, 2.45) is 0 Å². The minimum absolute atomic E-state index is 0.0607. The Bertz CT molecular complexity index is 1300. The van der Waals surface area contributed by atoms with Gasteiger partial charge < -0.3 is 10.2 Å². The number of benzene rings is 3. The van der Waals surface area contributed by atoms with Crippen LogP contribution in [0.1, 0.15) is 18.1 Å². The minimum atomic E-state index is -3.94. The smallest absolute Gasteiger partial charge is 0.244 e. The van der Waals surface area contributed by atoms with Gasteiger partial charge in [0, 0.05) is 19.5 Å². The summed E-state index contributed by atoms with van der Waals surface area (Å²) in [4.78, 5) is 28.2. The molecule has 1 atom stereocenters. The standard InChI is InChI=1S/C27H29F2N3O4S/c1-3-30-27(34)25(17-20-7-5-4-6-8-20)31(18-21-9-11-22(28)12-10-21)26(33)19-32(37(2,35)36)24-15-13-23(29)14-16-24/h4-16,25H,3,17-19H2,1-2H3,(H,30,34)/t25-/m1/s1. The second kappa shape index (κ2) is 12.4. The van der Waals surface area contributed by atoms with Gasteiger partial charge in [-0.25, -0.2) is 17.2 Å². The number of likely N-dealkylation sites (N-methyl/N-ethyl adjacent to an activating group) is 1. The van der Waals surface area contributed by atoms with Gasteiger partial charge in [0.2, 0.25) is 21.8 Å². The Morgan fingerprint density at radius 3 is 1.97 bits per heavy atom. The van der Waals surface area contributed by atoms with Crippen LogP contribution in [0.2, 0.25) is 0 Å². The molecule has 0 bridgehead atoms. The molecule has 196 valence electrons. The summed E-state index contributed by atoms with van der Waals surface area (Å²) >= 11 is 0. The van der Waals surface area contributed by atoms with Crippen LogP contribution in [0.5, 0.6) is 0 Å². The Labute approximate surface area is 215 Å². The Morgan fingerprint density at radius 1 is 0.865 bits per heavy atom. The van der Waals surface area contributed by atoms with E-state index in [-0.39, 0.29) is 18.7 Å². The van der Waals surface area contributed by atoms with Gasteiger partial charge in [-0.05, 0) is 54.4 Å². The van der Waals surface area contributed by atoms with E-state index in [2.05, 4.69) is 5.32 Å². The van der Waals surface area contributed by atoms with E-state index >= 15 is 0 Å². The molecule has 0 unspecified atom stereocenters. The minimum Gasteiger partial charge on any atom is -0.355 e. The molecule has 2 amide bonds. The molecule has 3 aromatic carbocycles. The largest absolute Gasteiger partial charge is 0.355 e. The molecule has 0 aromatic heterocycles. The van der Waals surface area contributed by atoms with E-state index in [1.54, 1.807) is 6.92 Å². The maximum Gasteiger partial charge on any atom is 0.244 e. The van der Waals surface area contributed by atoms with E-state index in [0.717, 1.165) is 28.3 Å². The average molecular weight is 530 g/mol. The van der Waals surface area contributed by atoms with Crippen molar-refractivity contribution in [2.75, 3.05) is 23.7 Å². The SMILES string of the molecule is CCNC(=O)[C@@H](Cc1ccccc1)N(Cc1ccc(F)cc1)C(=O)CN(c1ccc(F)cc1)S(C)(=O)=O. The van der Waals surface area contributed by atoms with E-state index in [4.69, 9.17) is 0 Å². The number of sulfonamides is 1. The molecule has 0 saturated heterocycles. The van der Waals surface area contributed by atoms with Crippen LogP contribution in [-0.2, 0) is 32.6 Å². The molecule has 3 aromatic rings. The monoisotopic (exact) mass is 529 g/mol. The summed E-state index contributed by atoms with van der Waals surface area (Å²) in [6.07, 6.45) is 1.12. The maximum atomic E-state index is 13.7. The number of halogens is 2. The van der Waals surface area contributed by atoms with Crippen LogP contribution in [0.25, 0.3) is 0 Å². The number of anilines is 1. The van der Waals surface area contributed by atoms with Crippen LogP contribution in [-0.4, -0.2) is 50.5 Å². The highest BCUT2D eigenvalue weighted by molar-refractivity contribution is 7.92. The van der Waals surface area contributed by atoms with Crippen LogP contribution >= 0.6 is 0 Å². The second-order valence-electron chi connectivity index (χ2n) is 8.49. The third-order valence-corrected chi connectivity index (χ3v) is 6.82. The fraction of sp³-hybridized carbons (Fsp3) is 0.259. The summed E-state index contributed by atoms with van der Waals surface area (Å²) in [5.74, 6) is -2.06. The number of hydrogen-bond donors (Lipinski definition) is 1. The van der Waals surface area contributed by atoms with Crippen LogP contribution in [0.3, 0.4) is 0 Å². The Kier molecular flexibility index (Phi) is 9.35. The lowest BCUT2D eigenvalue weighted by molar-refractivity contribution is -0.140. The number of hydrogen-bond acceptors (Lipinski definition) is 4. The normalized spacial score (nSPS) is 12.0. The number of carbonyl (C=O) groups is 2. The summed E-state index contributed by atoms with van der Waals surface area (Å²) < 4.78 is 53.1. The zero-order valence-electron chi connectivity index (χ0n) is 20.6. The van der Waals surface area contributed by atoms with Gasteiger partial charge >= 0.3 is 0 Å². The van der Waals surface area contributed by atoms with Crippen molar-refractivity contribution < 1.29 is 26.8 Å². The Hall–Kier alpha value is -3.79. The Balaban J connectivity index is 2.02. The number of carbonyl (C=O) groups excluding carboxylic acids is 2. The first-order valence-electron chi connectivity index (χ1n) is 11.7. The zero-order chi connectivity index (χ0) is 27.0. The molecule has 1 N–H and O–H groups in total. The van der Waals surface area contributed by atoms with E-state index in [9.17, 15) is 26.8 Å². The highest BCUT2D eigenvalue weighted by Crippen LogP contribution is 2.21.